The van der Waals surface area contributed by atoms with Crippen molar-refractivity contribution in [2.75, 3.05) is 11.4 Å². The van der Waals surface area contributed by atoms with Crippen molar-refractivity contribution in [1.82, 2.24) is 4.98 Å². The molecule has 1 heterocycles. The van der Waals surface area contributed by atoms with Crippen molar-refractivity contribution in [3.8, 4) is 0 Å². The van der Waals surface area contributed by atoms with Crippen LogP contribution in [0.3, 0.4) is 0 Å². The maximum Gasteiger partial charge on any atom is 0.287 e. The molecule has 0 aliphatic rings. The van der Waals surface area contributed by atoms with Gasteiger partial charge in [0.05, 0.1) is 4.92 Å². The van der Waals surface area contributed by atoms with Gasteiger partial charge in [0.1, 0.15) is 12.0 Å². The van der Waals surface area contributed by atoms with E-state index in [1.165, 1.54) is 6.20 Å². The summed E-state index contributed by atoms with van der Waals surface area (Å²) in [6, 6.07) is 3.71. The maximum absolute atomic E-state index is 10.8. The summed E-state index contributed by atoms with van der Waals surface area (Å²) in [7, 11) is 0. The highest BCUT2D eigenvalue weighted by atomic mass is 16.6. The van der Waals surface area contributed by atoms with Gasteiger partial charge in [-0.1, -0.05) is 47.0 Å². The Morgan fingerprint density at radius 2 is 1.96 bits per heavy atom. The number of hydrogen-bond acceptors (Lipinski definition) is 4. The first-order chi connectivity index (χ1) is 10.9. The van der Waals surface area contributed by atoms with Crippen molar-refractivity contribution in [2.45, 2.75) is 72.8 Å². The van der Waals surface area contributed by atoms with Gasteiger partial charge in [-0.05, 0) is 31.2 Å². The molecule has 0 aliphatic heterocycles. The lowest BCUT2D eigenvalue weighted by atomic mass is 9.81. The molecule has 130 valence electrons. The Morgan fingerprint density at radius 3 is 2.39 bits per heavy atom. The molecule has 0 radical (unpaired) electrons. The van der Waals surface area contributed by atoms with Crippen molar-refractivity contribution in [3.63, 3.8) is 0 Å². The quantitative estimate of drug-likeness (QED) is 0.439. The summed E-state index contributed by atoms with van der Waals surface area (Å²) in [6.45, 7) is 12.1. The highest BCUT2D eigenvalue weighted by Crippen LogP contribution is 2.31. The van der Waals surface area contributed by atoms with Crippen LogP contribution < -0.4 is 4.90 Å². The number of anilines is 1. The van der Waals surface area contributed by atoms with Crippen LogP contribution in [0.5, 0.6) is 0 Å². The van der Waals surface area contributed by atoms with Gasteiger partial charge < -0.3 is 4.90 Å². The third kappa shape index (κ3) is 5.48. The smallest absolute Gasteiger partial charge is 0.287 e. The first-order valence-electron chi connectivity index (χ1n) is 8.74. The van der Waals surface area contributed by atoms with E-state index in [0.717, 1.165) is 44.5 Å². The second-order valence-corrected chi connectivity index (χ2v) is 6.73. The fourth-order valence-corrected chi connectivity index (χ4v) is 2.78. The zero-order valence-corrected chi connectivity index (χ0v) is 15.2. The minimum absolute atomic E-state index is 0.0452. The lowest BCUT2D eigenvalue weighted by Crippen LogP contribution is -2.36. The molecule has 0 aliphatic carbocycles. The summed E-state index contributed by atoms with van der Waals surface area (Å²) in [4.78, 5) is 17.0. The van der Waals surface area contributed by atoms with Crippen molar-refractivity contribution in [1.29, 1.82) is 0 Å². The first kappa shape index (κ1) is 19.4. The fraction of sp³-hybridized carbons (Fsp3) is 0.722. The van der Waals surface area contributed by atoms with E-state index in [1.54, 1.807) is 12.1 Å². The molecular weight excluding hydrogens is 290 g/mol. The van der Waals surface area contributed by atoms with E-state index >= 15 is 0 Å². The molecule has 1 atom stereocenters. The molecule has 1 aromatic heterocycles. The number of nitro groups is 1. The SMILES string of the molecule is CCCC(C)N(CCC(C)(CC)CC)c1ccc([N+](=O)[O-])cn1. The Balaban J connectivity index is 2.93. The van der Waals surface area contributed by atoms with Crippen LogP contribution in [0.15, 0.2) is 18.3 Å². The molecule has 5 nitrogen and oxygen atoms in total. The van der Waals surface area contributed by atoms with E-state index in [9.17, 15) is 10.1 Å². The van der Waals surface area contributed by atoms with E-state index in [2.05, 4.69) is 44.5 Å². The summed E-state index contributed by atoms with van der Waals surface area (Å²) in [6.07, 6.45) is 6.99. The van der Waals surface area contributed by atoms with E-state index in [4.69, 9.17) is 0 Å². The predicted molar refractivity (Wildman–Crippen MR) is 95.9 cm³/mol. The summed E-state index contributed by atoms with van der Waals surface area (Å²) < 4.78 is 0. The van der Waals surface area contributed by atoms with Crippen molar-refractivity contribution in [3.05, 3.63) is 28.4 Å². The Labute approximate surface area is 140 Å². The van der Waals surface area contributed by atoms with Gasteiger partial charge in [-0.2, -0.15) is 0 Å². The molecule has 23 heavy (non-hydrogen) atoms. The van der Waals surface area contributed by atoms with Gasteiger partial charge >= 0.3 is 0 Å². The van der Waals surface area contributed by atoms with Crippen LogP contribution >= 0.6 is 0 Å². The normalized spacial score (nSPS) is 12.9. The van der Waals surface area contributed by atoms with Gasteiger partial charge in [0.15, 0.2) is 0 Å². The Hall–Kier alpha value is -1.65. The summed E-state index contributed by atoms with van der Waals surface area (Å²) in [5.41, 5.74) is 0.383. The van der Waals surface area contributed by atoms with Crippen LogP contribution in [0.4, 0.5) is 11.5 Å². The van der Waals surface area contributed by atoms with Crippen LogP contribution in [0.25, 0.3) is 0 Å². The van der Waals surface area contributed by atoms with Crippen molar-refractivity contribution < 1.29 is 4.92 Å². The topological polar surface area (TPSA) is 59.3 Å². The second kappa shape index (κ2) is 8.85. The van der Waals surface area contributed by atoms with Gasteiger partial charge in [-0.3, -0.25) is 10.1 Å². The predicted octanol–water partition coefficient (Wildman–Crippen LogP) is 5.20. The van der Waals surface area contributed by atoms with E-state index in [1.807, 2.05) is 0 Å². The third-order valence-electron chi connectivity index (χ3n) is 5.14. The average Bonchev–Trinajstić information content (AvgIpc) is 2.55. The lowest BCUT2D eigenvalue weighted by molar-refractivity contribution is -0.385. The zero-order chi connectivity index (χ0) is 17.5. The largest absolute Gasteiger partial charge is 0.354 e. The van der Waals surface area contributed by atoms with Gasteiger partial charge in [-0.15, -0.1) is 0 Å². The third-order valence-corrected chi connectivity index (χ3v) is 5.14. The first-order valence-corrected chi connectivity index (χ1v) is 8.74. The average molecular weight is 321 g/mol. The minimum Gasteiger partial charge on any atom is -0.354 e. The van der Waals surface area contributed by atoms with Gasteiger partial charge in [0.2, 0.25) is 0 Å². The Bertz CT molecular complexity index is 484. The standard InChI is InChI=1S/C18H31N3O2/c1-6-9-15(4)20(13-12-18(5,7-2)8-3)17-11-10-16(14-19-17)21(22)23/h10-11,14-15H,6-9,12-13H2,1-5H3. The van der Waals surface area contributed by atoms with Crippen molar-refractivity contribution >= 4 is 11.5 Å². The molecule has 0 N–H and O–H groups in total. The van der Waals surface area contributed by atoms with E-state index < -0.39 is 4.92 Å². The molecule has 0 saturated carbocycles. The summed E-state index contributed by atoms with van der Waals surface area (Å²) >= 11 is 0. The molecule has 1 unspecified atom stereocenters. The van der Waals surface area contributed by atoms with Crippen LogP contribution in [0.2, 0.25) is 0 Å². The van der Waals surface area contributed by atoms with Gasteiger partial charge in [0.25, 0.3) is 5.69 Å². The second-order valence-electron chi connectivity index (χ2n) is 6.73. The Kier molecular flexibility index (Phi) is 7.46. The summed E-state index contributed by atoms with van der Waals surface area (Å²) in [5.74, 6) is 0.839. The van der Waals surface area contributed by atoms with Crippen LogP contribution in [0, 0.1) is 15.5 Å². The molecule has 0 aromatic carbocycles. The molecule has 1 rings (SSSR count). The summed E-state index contributed by atoms with van der Waals surface area (Å²) in [5, 5.41) is 10.8. The highest BCUT2D eigenvalue weighted by molar-refractivity contribution is 5.43. The number of aromatic nitrogens is 1. The molecular formula is C18H31N3O2. The molecule has 0 bridgehead atoms. The van der Waals surface area contributed by atoms with Crippen LogP contribution in [0.1, 0.15) is 66.7 Å². The molecule has 1 aromatic rings. The number of hydrogen-bond donors (Lipinski definition) is 0. The van der Waals surface area contributed by atoms with Gasteiger partial charge in [-0.25, -0.2) is 4.98 Å². The monoisotopic (exact) mass is 321 g/mol. The molecule has 0 fully saturated rings. The fourth-order valence-electron chi connectivity index (χ4n) is 2.78. The van der Waals surface area contributed by atoms with Crippen LogP contribution in [-0.4, -0.2) is 22.5 Å². The number of pyridine rings is 1. The zero-order valence-electron chi connectivity index (χ0n) is 15.2. The lowest BCUT2D eigenvalue weighted by Gasteiger charge is -2.35. The van der Waals surface area contributed by atoms with E-state index in [0.29, 0.717) is 11.5 Å². The molecule has 0 spiro atoms. The maximum atomic E-state index is 10.8. The van der Waals surface area contributed by atoms with Crippen molar-refractivity contribution in [2.24, 2.45) is 5.41 Å². The number of nitrogens with zero attached hydrogens (tertiary/aromatic N) is 3. The molecule has 0 saturated heterocycles. The highest BCUT2D eigenvalue weighted by Gasteiger charge is 2.23. The van der Waals surface area contributed by atoms with Crippen LogP contribution in [-0.2, 0) is 0 Å². The molecule has 0 amide bonds. The molecule has 5 heteroatoms. The minimum atomic E-state index is -0.401. The van der Waals surface area contributed by atoms with Gasteiger partial charge in [0, 0.05) is 18.7 Å². The number of rotatable bonds is 10. The Morgan fingerprint density at radius 1 is 1.30 bits per heavy atom. The van der Waals surface area contributed by atoms with E-state index in [-0.39, 0.29) is 5.69 Å².